The summed E-state index contributed by atoms with van der Waals surface area (Å²) in [5.41, 5.74) is 0. The summed E-state index contributed by atoms with van der Waals surface area (Å²) in [6.07, 6.45) is 7.36. The van der Waals surface area contributed by atoms with Crippen LogP contribution in [0.15, 0.2) is 0 Å². The lowest BCUT2D eigenvalue weighted by molar-refractivity contribution is 0.635. The molecular formula is C8H17S2. The Balaban J connectivity index is 2.77. The van der Waals surface area contributed by atoms with E-state index in [0.29, 0.717) is 0 Å². The average molecular weight is 177 g/mol. The largest absolute Gasteiger partial charge is 0.165 e. The van der Waals surface area contributed by atoms with Crippen LogP contribution in [0.25, 0.3) is 0 Å². The van der Waals surface area contributed by atoms with Crippen LogP contribution in [-0.4, -0.2) is 4.58 Å². The highest BCUT2D eigenvalue weighted by Gasteiger charge is 1.94. The molecule has 0 amide bonds. The van der Waals surface area contributed by atoms with Gasteiger partial charge in [-0.2, -0.15) is 25.3 Å². The summed E-state index contributed by atoms with van der Waals surface area (Å²) in [5.74, 6) is 0. The molecule has 0 saturated heterocycles. The first-order valence-electron chi connectivity index (χ1n) is 3.92. The Morgan fingerprint density at radius 2 is 1.60 bits per heavy atom. The summed E-state index contributed by atoms with van der Waals surface area (Å²) in [6.45, 7) is 3.79. The lowest BCUT2D eigenvalue weighted by atomic mass is 10.1. The van der Waals surface area contributed by atoms with Crippen molar-refractivity contribution >= 4 is 25.3 Å². The van der Waals surface area contributed by atoms with Crippen molar-refractivity contribution in [2.24, 2.45) is 0 Å². The van der Waals surface area contributed by atoms with E-state index in [1.54, 1.807) is 0 Å². The van der Waals surface area contributed by atoms with Gasteiger partial charge in [0.15, 0.2) is 0 Å². The number of rotatable bonds is 6. The van der Waals surface area contributed by atoms with Gasteiger partial charge in [0, 0.05) is 4.58 Å². The molecule has 0 spiro atoms. The Morgan fingerprint density at radius 3 is 2.10 bits per heavy atom. The van der Waals surface area contributed by atoms with E-state index in [4.69, 9.17) is 0 Å². The van der Waals surface area contributed by atoms with Crippen LogP contribution in [0.1, 0.15) is 38.5 Å². The fraction of sp³-hybridized carbons (Fsp3) is 0.875. The Labute approximate surface area is 75.6 Å². The normalized spacial score (nSPS) is 10.8. The van der Waals surface area contributed by atoms with Gasteiger partial charge in [0.2, 0.25) is 0 Å². The molecule has 0 aliphatic rings. The van der Waals surface area contributed by atoms with Gasteiger partial charge >= 0.3 is 0 Å². The number of unbranched alkanes of at least 4 members (excludes halogenated alkanes) is 4. The van der Waals surface area contributed by atoms with Crippen molar-refractivity contribution < 1.29 is 0 Å². The van der Waals surface area contributed by atoms with E-state index in [1.807, 2.05) is 0 Å². The van der Waals surface area contributed by atoms with Gasteiger partial charge in [-0.15, -0.1) is 0 Å². The predicted octanol–water partition coefficient (Wildman–Crippen LogP) is 3.35. The maximum atomic E-state index is 4.17. The summed E-state index contributed by atoms with van der Waals surface area (Å²) in [4.78, 5) is 0. The lowest BCUT2D eigenvalue weighted by Crippen LogP contribution is -1.86. The molecule has 0 unspecified atom stereocenters. The van der Waals surface area contributed by atoms with E-state index in [9.17, 15) is 0 Å². The highest BCUT2D eigenvalue weighted by molar-refractivity contribution is 7.99. The van der Waals surface area contributed by atoms with Gasteiger partial charge in [0.25, 0.3) is 0 Å². The Bertz CT molecular complexity index is 62.3. The smallest absolute Gasteiger partial charge is 0.0442 e. The van der Waals surface area contributed by atoms with E-state index in [0.717, 1.165) is 12.8 Å². The van der Waals surface area contributed by atoms with E-state index >= 15 is 0 Å². The molecule has 0 saturated carbocycles. The molecule has 10 heavy (non-hydrogen) atoms. The first-order chi connectivity index (χ1) is 4.77. The quantitative estimate of drug-likeness (QED) is 0.347. The van der Waals surface area contributed by atoms with E-state index < -0.39 is 0 Å². The molecular weight excluding hydrogens is 160 g/mol. The van der Waals surface area contributed by atoms with Gasteiger partial charge in [0.1, 0.15) is 0 Å². The van der Waals surface area contributed by atoms with Crippen LogP contribution in [0.4, 0.5) is 0 Å². The molecule has 1 radical (unpaired) electrons. The van der Waals surface area contributed by atoms with Crippen molar-refractivity contribution in [1.82, 2.24) is 0 Å². The van der Waals surface area contributed by atoms with Crippen LogP contribution in [0.2, 0.25) is 0 Å². The third-order valence-corrected chi connectivity index (χ3v) is 1.98. The zero-order chi connectivity index (χ0) is 7.82. The Morgan fingerprint density at radius 1 is 1.00 bits per heavy atom. The maximum absolute atomic E-state index is 4.17. The predicted molar refractivity (Wildman–Crippen MR) is 54.8 cm³/mol. The fourth-order valence-electron chi connectivity index (χ4n) is 0.857. The first-order valence-corrected chi connectivity index (χ1v) is 4.96. The third-order valence-electron chi connectivity index (χ3n) is 1.46. The standard InChI is InChI=1S/C8H17S2/c1-2-3-4-5-6-7-8(9)10/h8-10H,1-7H2. The van der Waals surface area contributed by atoms with Crippen molar-refractivity contribution in [3.8, 4) is 0 Å². The summed E-state index contributed by atoms with van der Waals surface area (Å²) in [7, 11) is 0. The minimum atomic E-state index is 0.278. The zero-order valence-electron chi connectivity index (χ0n) is 6.42. The lowest BCUT2D eigenvalue weighted by Gasteiger charge is -2.01. The number of hydrogen-bond donors (Lipinski definition) is 2. The van der Waals surface area contributed by atoms with Crippen molar-refractivity contribution in [2.45, 2.75) is 43.1 Å². The molecule has 0 bridgehead atoms. The van der Waals surface area contributed by atoms with E-state index in [2.05, 4.69) is 32.2 Å². The van der Waals surface area contributed by atoms with Crippen molar-refractivity contribution in [1.29, 1.82) is 0 Å². The molecule has 0 atom stereocenters. The maximum Gasteiger partial charge on any atom is 0.0442 e. The molecule has 0 aliphatic carbocycles. The van der Waals surface area contributed by atoms with E-state index in [-0.39, 0.29) is 4.58 Å². The minimum absolute atomic E-state index is 0.278. The van der Waals surface area contributed by atoms with Gasteiger partial charge in [-0.25, -0.2) is 0 Å². The summed E-state index contributed by atoms with van der Waals surface area (Å²) >= 11 is 8.35. The highest BCUT2D eigenvalue weighted by Crippen LogP contribution is 2.12. The van der Waals surface area contributed by atoms with E-state index in [1.165, 1.54) is 25.7 Å². The van der Waals surface area contributed by atoms with Crippen molar-refractivity contribution in [3.63, 3.8) is 0 Å². The second-order valence-electron chi connectivity index (χ2n) is 2.54. The number of hydrogen-bond acceptors (Lipinski definition) is 2. The fourth-order valence-corrected chi connectivity index (χ4v) is 1.22. The Kier molecular flexibility index (Phi) is 8.35. The van der Waals surface area contributed by atoms with Crippen LogP contribution in [0, 0.1) is 6.92 Å². The van der Waals surface area contributed by atoms with Crippen molar-refractivity contribution in [2.75, 3.05) is 0 Å². The highest BCUT2D eigenvalue weighted by atomic mass is 32.2. The van der Waals surface area contributed by atoms with Crippen LogP contribution >= 0.6 is 25.3 Å². The molecule has 0 rings (SSSR count). The van der Waals surface area contributed by atoms with Gasteiger partial charge in [0.05, 0.1) is 0 Å². The summed E-state index contributed by atoms with van der Waals surface area (Å²) in [5, 5.41) is 0. The molecule has 0 nitrogen and oxygen atoms in total. The molecule has 0 N–H and O–H groups in total. The van der Waals surface area contributed by atoms with Gasteiger partial charge in [-0.1, -0.05) is 39.0 Å². The zero-order valence-corrected chi connectivity index (χ0v) is 8.21. The Hall–Kier alpha value is 0.700. The molecule has 0 aromatic carbocycles. The number of thiol groups is 2. The van der Waals surface area contributed by atoms with Gasteiger partial charge in [-0.05, 0) is 6.42 Å². The average Bonchev–Trinajstić information content (AvgIpc) is 1.87. The first kappa shape index (κ1) is 10.7. The SMILES string of the molecule is [CH2]CCCCCCC(S)S. The summed E-state index contributed by atoms with van der Waals surface area (Å²) < 4.78 is 0.278. The van der Waals surface area contributed by atoms with Crippen LogP contribution in [-0.2, 0) is 0 Å². The molecule has 2 heteroatoms. The molecule has 0 aliphatic heterocycles. The molecule has 0 aromatic rings. The molecule has 0 aromatic heterocycles. The minimum Gasteiger partial charge on any atom is -0.165 e. The molecule has 0 heterocycles. The van der Waals surface area contributed by atoms with Gasteiger partial charge < -0.3 is 0 Å². The van der Waals surface area contributed by atoms with Crippen LogP contribution < -0.4 is 0 Å². The monoisotopic (exact) mass is 177 g/mol. The third kappa shape index (κ3) is 8.70. The topological polar surface area (TPSA) is 0 Å². The summed E-state index contributed by atoms with van der Waals surface area (Å²) in [6, 6.07) is 0. The van der Waals surface area contributed by atoms with Crippen LogP contribution in [0.5, 0.6) is 0 Å². The second kappa shape index (κ2) is 7.80. The second-order valence-corrected chi connectivity index (χ2v) is 4.19. The molecule has 61 valence electrons. The molecule has 0 fully saturated rings. The van der Waals surface area contributed by atoms with Gasteiger partial charge in [-0.3, -0.25) is 0 Å². The van der Waals surface area contributed by atoms with Crippen molar-refractivity contribution in [3.05, 3.63) is 6.92 Å². The van der Waals surface area contributed by atoms with Crippen LogP contribution in [0.3, 0.4) is 0 Å².